The van der Waals surface area contributed by atoms with Gasteiger partial charge in [0.15, 0.2) is 0 Å². The number of hydrogen-bond acceptors (Lipinski definition) is 2. The average molecular weight is 206 g/mol. The largest absolute Gasteiger partial charge is 0.369 e. The number of rotatable bonds is 2. The molecule has 0 saturated heterocycles. The van der Waals surface area contributed by atoms with Crippen molar-refractivity contribution in [2.75, 3.05) is 0 Å². The quantitative estimate of drug-likeness (QED) is 0.801. The predicted molar refractivity (Wildman–Crippen MR) is 60.6 cm³/mol. The van der Waals surface area contributed by atoms with E-state index in [4.69, 9.17) is 5.73 Å². The van der Waals surface area contributed by atoms with Gasteiger partial charge in [-0.15, -0.1) is 0 Å². The Morgan fingerprint density at radius 3 is 2.53 bits per heavy atom. The minimum atomic E-state index is -0.314. The molecule has 1 heterocycles. The summed E-state index contributed by atoms with van der Waals surface area (Å²) in [6.45, 7) is 8.30. The Kier molecular flexibility index (Phi) is 3.12. The summed E-state index contributed by atoms with van der Waals surface area (Å²) < 4.78 is 0. The van der Waals surface area contributed by atoms with Gasteiger partial charge in [0, 0.05) is 11.9 Å². The SMILES string of the molecule is Cc1cc(C(C)(C)C)c(CC(N)=O)cn1. The number of amides is 1. The van der Waals surface area contributed by atoms with E-state index in [1.54, 1.807) is 6.20 Å². The van der Waals surface area contributed by atoms with Crippen LogP contribution in [0.4, 0.5) is 0 Å². The van der Waals surface area contributed by atoms with Gasteiger partial charge in [0.2, 0.25) is 5.91 Å². The van der Waals surface area contributed by atoms with E-state index in [2.05, 4.69) is 25.8 Å². The van der Waals surface area contributed by atoms with Crippen LogP contribution in [0.25, 0.3) is 0 Å². The first kappa shape index (κ1) is 11.7. The van der Waals surface area contributed by atoms with E-state index in [1.807, 2.05) is 13.0 Å². The number of aryl methyl sites for hydroxylation is 1. The summed E-state index contributed by atoms with van der Waals surface area (Å²) >= 11 is 0. The van der Waals surface area contributed by atoms with Crippen molar-refractivity contribution >= 4 is 5.91 Å². The number of nitrogens with zero attached hydrogens (tertiary/aromatic N) is 1. The van der Waals surface area contributed by atoms with E-state index in [-0.39, 0.29) is 17.7 Å². The first-order valence-electron chi connectivity index (χ1n) is 5.05. The highest BCUT2D eigenvalue weighted by Crippen LogP contribution is 2.26. The molecule has 3 nitrogen and oxygen atoms in total. The van der Waals surface area contributed by atoms with Crippen molar-refractivity contribution in [1.29, 1.82) is 0 Å². The Bertz CT molecular complexity index is 378. The molecule has 2 N–H and O–H groups in total. The lowest BCUT2D eigenvalue weighted by Crippen LogP contribution is -2.20. The van der Waals surface area contributed by atoms with Crippen LogP contribution < -0.4 is 5.73 Å². The Hall–Kier alpha value is -1.38. The maximum absolute atomic E-state index is 10.9. The number of aromatic nitrogens is 1. The molecular formula is C12H18N2O. The van der Waals surface area contributed by atoms with Crippen molar-refractivity contribution in [2.24, 2.45) is 5.73 Å². The van der Waals surface area contributed by atoms with Crippen LogP contribution in [-0.2, 0) is 16.6 Å². The van der Waals surface area contributed by atoms with E-state index >= 15 is 0 Å². The topological polar surface area (TPSA) is 56.0 Å². The van der Waals surface area contributed by atoms with Crippen molar-refractivity contribution < 1.29 is 4.79 Å². The Morgan fingerprint density at radius 2 is 2.07 bits per heavy atom. The summed E-state index contributed by atoms with van der Waals surface area (Å²) in [7, 11) is 0. The van der Waals surface area contributed by atoms with E-state index in [1.165, 1.54) is 0 Å². The summed E-state index contributed by atoms with van der Waals surface area (Å²) in [6, 6.07) is 2.03. The van der Waals surface area contributed by atoms with E-state index in [0.29, 0.717) is 0 Å². The molecule has 15 heavy (non-hydrogen) atoms. The molecule has 0 unspecified atom stereocenters. The van der Waals surface area contributed by atoms with Gasteiger partial charge in [-0.1, -0.05) is 20.8 Å². The molecule has 0 saturated carbocycles. The lowest BCUT2D eigenvalue weighted by molar-refractivity contribution is -0.117. The zero-order valence-corrected chi connectivity index (χ0v) is 9.79. The molecule has 1 amide bonds. The number of hydrogen-bond donors (Lipinski definition) is 1. The second-order valence-corrected chi connectivity index (χ2v) is 4.88. The second kappa shape index (κ2) is 4.01. The molecule has 0 fully saturated rings. The van der Waals surface area contributed by atoms with Gasteiger partial charge in [-0.05, 0) is 29.5 Å². The van der Waals surface area contributed by atoms with Crippen LogP contribution in [-0.4, -0.2) is 10.9 Å². The normalized spacial score (nSPS) is 11.5. The molecular weight excluding hydrogens is 188 g/mol. The third-order valence-electron chi connectivity index (χ3n) is 2.30. The van der Waals surface area contributed by atoms with Gasteiger partial charge in [0.05, 0.1) is 6.42 Å². The Balaban J connectivity index is 3.20. The first-order valence-corrected chi connectivity index (χ1v) is 5.05. The second-order valence-electron chi connectivity index (χ2n) is 4.88. The van der Waals surface area contributed by atoms with Crippen LogP contribution in [0, 0.1) is 6.92 Å². The fourth-order valence-corrected chi connectivity index (χ4v) is 1.61. The molecule has 1 rings (SSSR count). The van der Waals surface area contributed by atoms with Crippen molar-refractivity contribution in [3.05, 3.63) is 29.1 Å². The molecule has 0 atom stereocenters. The third-order valence-corrected chi connectivity index (χ3v) is 2.30. The average Bonchev–Trinajstić information content (AvgIpc) is 2.05. The molecule has 1 aromatic heterocycles. The number of primary amides is 1. The van der Waals surface area contributed by atoms with Crippen LogP contribution in [0.15, 0.2) is 12.3 Å². The fraction of sp³-hybridized carbons (Fsp3) is 0.500. The molecule has 3 heteroatoms. The Morgan fingerprint density at radius 1 is 1.47 bits per heavy atom. The van der Waals surface area contributed by atoms with Crippen LogP contribution in [0.1, 0.15) is 37.6 Å². The summed E-state index contributed by atoms with van der Waals surface area (Å²) in [5.41, 5.74) is 8.26. The zero-order chi connectivity index (χ0) is 11.6. The summed E-state index contributed by atoms with van der Waals surface area (Å²) in [6.07, 6.45) is 2.01. The van der Waals surface area contributed by atoms with Crippen LogP contribution in [0.3, 0.4) is 0 Å². The third kappa shape index (κ3) is 3.05. The molecule has 82 valence electrons. The van der Waals surface area contributed by atoms with Gasteiger partial charge < -0.3 is 5.73 Å². The van der Waals surface area contributed by atoms with E-state index < -0.39 is 0 Å². The van der Waals surface area contributed by atoms with Gasteiger partial charge >= 0.3 is 0 Å². The van der Waals surface area contributed by atoms with E-state index in [9.17, 15) is 4.79 Å². The highest BCUT2D eigenvalue weighted by molar-refractivity contribution is 5.77. The predicted octanol–water partition coefficient (Wildman–Crippen LogP) is 1.72. The Labute approximate surface area is 90.7 Å². The summed E-state index contributed by atoms with van der Waals surface area (Å²) in [5.74, 6) is -0.314. The molecule has 0 bridgehead atoms. The van der Waals surface area contributed by atoms with E-state index in [0.717, 1.165) is 16.8 Å². The van der Waals surface area contributed by atoms with Gasteiger partial charge in [-0.3, -0.25) is 9.78 Å². The molecule has 0 aliphatic carbocycles. The first-order chi connectivity index (χ1) is 6.80. The number of pyridine rings is 1. The summed E-state index contributed by atoms with van der Waals surface area (Å²) in [5, 5.41) is 0. The molecule has 0 aromatic carbocycles. The minimum Gasteiger partial charge on any atom is -0.369 e. The highest BCUT2D eigenvalue weighted by atomic mass is 16.1. The lowest BCUT2D eigenvalue weighted by Gasteiger charge is -2.22. The van der Waals surface area contributed by atoms with Gasteiger partial charge in [0.25, 0.3) is 0 Å². The number of nitrogens with two attached hydrogens (primary N) is 1. The van der Waals surface area contributed by atoms with Gasteiger partial charge in [-0.2, -0.15) is 0 Å². The monoisotopic (exact) mass is 206 g/mol. The highest BCUT2D eigenvalue weighted by Gasteiger charge is 2.19. The maximum Gasteiger partial charge on any atom is 0.221 e. The van der Waals surface area contributed by atoms with Crippen LogP contribution in [0.5, 0.6) is 0 Å². The van der Waals surface area contributed by atoms with Gasteiger partial charge in [0.1, 0.15) is 0 Å². The van der Waals surface area contributed by atoms with Crippen molar-refractivity contribution in [3.8, 4) is 0 Å². The smallest absolute Gasteiger partial charge is 0.221 e. The van der Waals surface area contributed by atoms with Crippen LogP contribution >= 0.6 is 0 Å². The van der Waals surface area contributed by atoms with Gasteiger partial charge in [-0.25, -0.2) is 0 Å². The van der Waals surface area contributed by atoms with Crippen LogP contribution in [0.2, 0.25) is 0 Å². The summed E-state index contributed by atoms with van der Waals surface area (Å²) in [4.78, 5) is 15.1. The van der Waals surface area contributed by atoms with Crippen molar-refractivity contribution in [1.82, 2.24) is 4.98 Å². The number of carbonyl (C=O) groups is 1. The molecule has 0 aliphatic heterocycles. The molecule has 0 radical (unpaired) electrons. The van der Waals surface area contributed by atoms with Crippen molar-refractivity contribution in [2.45, 2.75) is 39.5 Å². The maximum atomic E-state index is 10.9. The lowest BCUT2D eigenvalue weighted by atomic mass is 9.83. The standard InChI is InChI=1S/C12H18N2O/c1-8-5-10(12(2,3)4)9(7-14-8)6-11(13)15/h5,7H,6H2,1-4H3,(H2,13,15). The van der Waals surface area contributed by atoms with Crippen molar-refractivity contribution in [3.63, 3.8) is 0 Å². The molecule has 0 aliphatic rings. The minimum absolute atomic E-state index is 0.0124. The fourth-order valence-electron chi connectivity index (χ4n) is 1.61. The number of carbonyl (C=O) groups excluding carboxylic acids is 1. The zero-order valence-electron chi connectivity index (χ0n) is 9.79. The molecule has 0 spiro atoms. The molecule has 1 aromatic rings.